The maximum Gasteiger partial charge on any atom is 0.230 e. The van der Waals surface area contributed by atoms with Crippen molar-refractivity contribution in [1.29, 1.82) is 0 Å². The molecule has 0 unspecified atom stereocenters. The fourth-order valence-electron chi connectivity index (χ4n) is 2.56. The Morgan fingerprint density at radius 2 is 2.17 bits per heavy atom. The number of thioether (sulfide) groups is 1. The molecule has 2 aromatic rings. The molecular formula is C14H17N5O3S2. The highest BCUT2D eigenvalue weighted by Gasteiger charge is 2.39. The van der Waals surface area contributed by atoms with Crippen molar-refractivity contribution in [2.45, 2.75) is 24.0 Å². The summed E-state index contributed by atoms with van der Waals surface area (Å²) in [7, 11) is -3.05. The second kappa shape index (κ2) is 6.52. The average molecular weight is 367 g/mol. The first-order valence-electron chi connectivity index (χ1n) is 7.32. The molecule has 1 amide bonds. The van der Waals surface area contributed by atoms with E-state index < -0.39 is 15.4 Å². The molecule has 10 heteroatoms. The van der Waals surface area contributed by atoms with Gasteiger partial charge in [0.05, 0.1) is 22.8 Å². The van der Waals surface area contributed by atoms with Crippen molar-refractivity contribution in [3.8, 4) is 11.4 Å². The summed E-state index contributed by atoms with van der Waals surface area (Å²) in [5.41, 5.74) is 0.176. The number of sulfone groups is 1. The third kappa shape index (κ3) is 4.12. The maximum absolute atomic E-state index is 12.1. The van der Waals surface area contributed by atoms with Crippen molar-refractivity contribution in [3.05, 3.63) is 24.5 Å². The fraction of sp³-hybridized carbons (Fsp3) is 0.429. The van der Waals surface area contributed by atoms with E-state index in [1.807, 2.05) is 12.1 Å². The Hall–Kier alpha value is -1.94. The molecule has 8 nitrogen and oxygen atoms in total. The predicted octanol–water partition coefficient (Wildman–Crippen LogP) is 0.652. The minimum absolute atomic E-state index is 0.0107. The lowest BCUT2D eigenvalue weighted by Crippen LogP contribution is -2.47. The molecule has 128 valence electrons. The van der Waals surface area contributed by atoms with Crippen LogP contribution in [-0.4, -0.2) is 57.3 Å². The van der Waals surface area contributed by atoms with Crippen LogP contribution in [0.15, 0.2) is 29.7 Å². The monoisotopic (exact) mass is 367 g/mol. The van der Waals surface area contributed by atoms with Crippen LogP contribution in [0.4, 0.5) is 0 Å². The van der Waals surface area contributed by atoms with Crippen molar-refractivity contribution in [2.24, 2.45) is 0 Å². The molecule has 1 saturated heterocycles. The van der Waals surface area contributed by atoms with Crippen LogP contribution < -0.4 is 5.32 Å². The van der Waals surface area contributed by atoms with Gasteiger partial charge < -0.3 is 5.32 Å². The molecule has 0 radical (unpaired) electrons. The number of hydrogen-bond acceptors (Lipinski definition) is 7. The van der Waals surface area contributed by atoms with Gasteiger partial charge in [0.25, 0.3) is 0 Å². The Labute approximate surface area is 143 Å². The quantitative estimate of drug-likeness (QED) is 0.745. The number of carbonyl (C=O) groups is 1. The Kier molecular flexibility index (Phi) is 4.59. The molecule has 0 spiro atoms. The van der Waals surface area contributed by atoms with E-state index in [0.29, 0.717) is 17.4 Å². The molecule has 24 heavy (non-hydrogen) atoms. The van der Waals surface area contributed by atoms with Crippen molar-refractivity contribution < 1.29 is 13.2 Å². The Balaban J connectivity index is 1.55. The minimum Gasteiger partial charge on any atom is -0.349 e. The highest BCUT2D eigenvalue weighted by atomic mass is 32.2. The lowest BCUT2D eigenvalue weighted by Gasteiger charge is -2.23. The molecular weight excluding hydrogens is 350 g/mol. The summed E-state index contributed by atoms with van der Waals surface area (Å²) in [6.45, 7) is 1.76. The van der Waals surface area contributed by atoms with Crippen molar-refractivity contribution >= 4 is 27.5 Å². The van der Waals surface area contributed by atoms with Crippen molar-refractivity contribution in [1.82, 2.24) is 25.5 Å². The van der Waals surface area contributed by atoms with Crippen molar-refractivity contribution in [2.75, 3.05) is 17.3 Å². The lowest BCUT2D eigenvalue weighted by atomic mass is 10.0. The van der Waals surface area contributed by atoms with Gasteiger partial charge in [-0.05, 0) is 25.5 Å². The largest absolute Gasteiger partial charge is 0.349 e. The standard InChI is InChI=1S/C14H17N5O3S2/c1-14(4-7-24(21,22)9-14)17-11(20)8-23-13-16-12(18-19-13)10-2-5-15-6-3-10/h2-3,5-6H,4,7-9H2,1H3,(H,17,20)(H,16,18,19)/t14-/m1/s1. The van der Waals surface area contributed by atoms with Gasteiger partial charge in [-0.1, -0.05) is 11.8 Å². The number of nitrogens with one attached hydrogen (secondary N) is 2. The normalized spacial score (nSPS) is 22.4. The second-order valence-electron chi connectivity index (χ2n) is 5.94. The van der Waals surface area contributed by atoms with Crippen LogP contribution in [0.5, 0.6) is 0 Å². The molecule has 2 aromatic heterocycles. The van der Waals surface area contributed by atoms with Gasteiger partial charge in [0.1, 0.15) is 0 Å². The number of amides is 1. The summed E-state index contributed by atoms with van der Waals surface area (Å²) in [5, 5.41) is 10.1. The van der Waals surface area contributed by atoms with Gasteiger partial charge in [-0.25, -0.2) is 13.4 Å². The van der Waals surface area contributed by atoms with E-state index >= 15 is 0 Å². The minimum atomic E-state index is -3.05. The van der Waals surface area contributed by atoms with Gasteiger partial charge in [-0.15, -0.1) is 5.10 Å². The van der Waals surface area contributed by atoms with Gasteiger partial charge in [-0.2, -0.15) is 0 Å². The van der Waals surface area contributed by atoms with E-state index in [4.69, 9.17) is 0 Å². The molecule has 0 bridgehead atoms. The molecule has 0 aromatic carbocycles. The van der Waals surface area contributed by atoms with Crippen LogP contribution in [0, 0.1) is 0 Å². The fourth-order valence-corrected chi connectivity index (χ4v) is 5.25. The number of nitrogens with zero attached hydrogens (tertiary/aromatic N) is 3. The number of rotatable bonds is 5. The number of H-pyrrole nitrogens is 1. The highest BCUT2D eigenvalue weighted by molar-refractivity contribution is 7.99. The van der Waals surface area contributed by atoms with E-state index in [1.165, 1.54) is 11.8 Å². The van der Waals surface area contributed by atoms with Crippen LogP contribution in [0.25, 0.3) is 11.4 Å². The molecule has 1 fully saturated rings. The Morgan fingerprint density at radius 1 is 1.42 bits per heavy atom. The first-order valence-corrected chi connectivity index (χ1v) is 10.1. The number of hydrogen-bond donors (Lipinski definition) is 2. The summed E-state index contributed by atoms with van der Waals surface area (Å²) in [6.07, 6.45) is 3.77. The summed E-state index contributed by atoms with van der Waals surface area (Å²) in [5.74, 6) is 0.614. The van der Waals surface area contributed by atoms with E-state index in [0.717, 1.165) is 5.56 Å². The molecule has 1 atom stereocenters. The second-order valence-corrected chi connectivity index (χ2v) is 9.07. The van der Waals surface area contributed by atoms with Crippen LogP contribution in [0.3, 0.4) is 0 Å². The van der Waals surface area contributed by atoms with Crippen molar-refractivity contribution in [3.63, 3.8) is 0 Å². The van der Waals surface area contributed by atoms with E-state index in [2.05, 4.69) is 25.5 Å². The summed E-state index contributed by atoms with van der Waals surface area (Å²) in [6, 6.07) is 3.62. The van der Waals surface area contributed by atoms with Crippen LogP contribution in [0.2, 0.25) is 0 Å². The smallest absolute Gasteiger partial charge is 0.230 e. The van der Waals surface area contributed by atoms with Gasteiger partial charge >= 0.3 is 0 Å². The Bertz CT molecular complexity index is 837. The predicted molar refractivity (Wildman–Crippen MR) is 90.2 cm³/mol. The molecule has 1 aliphatic rings. The third-order valence-electron chi connectivity index (χ3n) is 3.70. The zero-order valence-corrected chi connectivity index (χ0v) is 14.7. The number of pyridine rings is 1. The molecule has 3 heterocycles. The van der Waals surface area contributed by atoms with Gasteiger partial charge in [0.2, 0.25) is 11.1 Å². The van der Waals surface area contributed by atoms with E-state index in [1.54, 1.807) is 19.3 Å². The van der Waals surface area contributed by atoms with Gasteiger partial charge in [0, 0.05) is 18.0 Å². The first kappa shape index (κ1) is 16.9. The number of aromatic amines is 1. The topological polar surface area (TPSA) is 118 Å². The SMILES string of the molecule is C[C@@]1(NC(=O)CSc2n[nH]c(-c3ccncc3)n2)CCS(=O)(=O)C1. The zero-order valence-electron chi connectivity index (χ0n) is 13.0. The van der Waals surface area contributed by atoms with E-state index in [-0.39, 0.29) is 23.2 Å². The maximum atomic E-state index is 12.1. The summed E-state index contributed by atoms with van der Waals surface area (Å²) >= 11 is 1.20. The van der Waals surface area contributed by atoms with Crippen LogP contribution >= 0.6 is 11.8 Å². The van der Waals surface area contributed by atoms with Crippen LogP contribution in [0.1, 0.15) is 13.3 Å². The van der Waals surface area contributed by atoms with Gasteiger partial charge in [0.15, 0.2) is 15.7 Å². The van der Waals surface area contributed by atoms with Crippen LogP contribution in [-0.2, 0) is 14.6 Å². The van der Waals surface area contributed by atoms with E-state index in [9.17, 15) is 13.2 Å². The third-order valence-corrected chi connectivity index (χ3v) is 6.45. The summed E-state index contributed by atoms with van der Waals surface area (Å²) in [4.78, 5) is 20.3. The summed E-state index contributed by atoms with van der Waals surface area (Å²) < 4.78 is 23.1. The molecule has 1 aliphatic heterocycles. The zero-order chi connectivity index (χ0) is 17.2. The first-order chi connectivity index (χ1) is 11.4. The number of carbonyl (C=O) groups excluding carboxylic acids is 1. The molecule has 3 rings (SSSR count). The molecule has 0 aliphatic carbocycles. The number of aromatic nitrogens is 4. The average Bonchev–Trinajstić information content (AvgIpc) is 3.10. The molecule has 2 N–H and O–H groups in total. The highest BCUT2D eigenvalue weighted by Crippen LogP contribution is 2.23. The molecule has 0 saturated carbocycles. The van der Waals surface area contributed by atoms with Gasteiger partial charge in [-0.3, -0.25) is 14.9 Å². The lowest BCUT2D eigenvalue weighted by molar-refractivity contribution is -0.120. The Morgan fingerprint density at radius 3 is 2.83 bits per heavy atom.